The summed E-state index contributed by atoms with van der Waals surface area (Å²) < 4.78 is 13.6. The van der Waals surface area contributed by atoms with Gasteiger partial charge in [-0.2, -0.15) is 0 Å². The predicted octanol–water partition coefficient (Wildman–Crippen LogP) is 16.3. The summed E-state index contributed by atoms with van der Waals surface area (Å²) in [7, 11) is 0. The lowest BCUT2D eigenvalue weighted by Gasteiger charge is -2.27. The number of rotatable bonds is 6. The third kappa shape index (κ3) is 5.51. The molecule has 0 N–H and O–H groups in total. The highest BCUT2D eigenvalue weighted by Gasteiger charge is 2.24. The fourth-order valence-electron chi connectivity index (χ4n) is 8.98. The molecule has 0 bridgehead atoms. The van der Waals surface area contributed by atoms with Crippen LogP contribution < -0.4 is 4.90 Å². The molecule has 0 saturated heterocycles. The number of hydrogen-bond donors (Lipinski definition) is 0. The highest BCUT2D eigenvalue weighted by atomic mass is 16.3. The van der Waals surface area contributed by atoms with Gasteiger partial charge in [-0.25, -0.2) is 0 Å². The Morgan fingerprint density at radius 3 is 1.63 bits per heavy atom. The topological polar surface area (TPSA) is 29.5 Å². The molecular weight excluding hydrogens is 719 g/mol. The van der Waals surface area contributed by atoms with Crippen molar-refractivity contribution in [3.8, 4) is 33.4 Å². The molecule has 0 unspecified atom stereocenters. The molecule has 276 valence electrons. The summed E-state index contributed by atoms with van der Waals surface area (Å²) in [5, 5.41) is 9.15. The zero-order chi connectivity index (χ0) is 38.9. The van der Waals surface area contributed by atoms with Gasteiger partial charge in [0.15, 0.2) is 0 Å². The van der Waals surface area contributed by atoms with E-state index in [9.17, 15) is 0 Å². The standard InChI is InChI=1S/C56H35NO2/c1-4-12-36(13-5-1)40-22-26-48-50-35-44(25-31-52(50)58-53(48)33-40)57(43-24-28-46-42(32-43)21-20-39-18-10-11-19-45(39)46)51-30-29-47(38-16-8-3-9-17-38)56-55(51)49-27-23-41(34-54(49)59-56)37-14-6-2-7-15-37/h1-35H. The Labute approximate surface area is 340 Å². The van der Waals surface area contributed by atoms with E-state index < -0.39 is 0 Å². The van der Waals surface area contributed by atoms with Gasteiger partial charge in [0.2, 0.25) is 0 Å². The van der Waals surface area contributed by atoms with E-state index in [4.69, 9.17) is 8.83 Å². The van der Waals surface area contributed by atoms with Crippen LogP contribution in [0.5, 0.6) is 0 Å². The minimum atomic E-state index is 0.849. The largest absolute Gasteiger partial charge is 0.456 e. The second kappa shape index (κ2) is 13.4. The summed E-state index contributed by atoms with van der Waals surface area (Å²) in [6.45, 7) is 0. The van der Waals surface area contributed by atoms with Crippen LogP contribution in [0.2, 0.25) is 0 Å². The van der Waals surface area contributed by atoms with Gasteiger partial charge in [0.05, 0.1) is 11.1 Å². The molecule has 12 aromatic rings. The number of hydrogen-bond acceptors (Lipinski definition) is 3. The Balaban J connectivity index is 1.12. The van der Waals surface area contributed by atoms with E-state index in [0.29, 0.717) is 0 Å². The molecule has 10 aromatic carbocycles. The fourth-order valence-corrected chi connectivity index (χ4v) is 8.98. The zero-order valence-corrected chi connectivity index (χ0v) is 32.0. The lowest BCUT2D eigenvalue weighted by molar-refractivity contribution is 0.669. The fraction of sp³-hybridized carbons (Fsp3) is 0. The Morgan fingerprint density at radius 2 is 0.881 bits per heavy atom. The summed E-state index contributed by atoms with van der Waals surface area (Å²) in [6.07, 6.45) is 0. The van der Waals surface area contributed by atoms with Gasteiger partial charge in [-0.1, -0.05) is 146 Å². The molecule has 0 fully saturated rings. The number of furan rings is 2. The molecule has 0 spiro atoms. The van der Waals surface area contributed by atoms with Crippen LogP contribution in [-0.4, -0.2) is 0 Å². The molecule has 2 heterocycles. The van der Waals surface area contributed by atoms with E-state index in [0.717, 1.165) is 94.3 Å². The SMILES string of the molecule is c1ccc(-c2ccc3c(c2)oc2ccc(N(c4ccc5c(ccc6ccccc65)c4)c4ccc(-c5ccccc5)c5oc6cc(-c7ccccc7)ccc6c45)cc23)cc1. The molecule has 3 nitrogen and oxygen atoms in total. The Kier molecular flexibility index (Phi) is 7.54. The van der Waals surface area contributed by atoms with Crippen LogP contribution in [0.25, 0.3) is 98.8 Å². The first-order valence-electron chi connectivity index (χ1n) is 20.1. The molecule has 0 saturated carbocycles. The highest BCUT2D eigenvalue weighted by Crippen LogP contribution is 2.48. The van der Waals surface area contributed by atoms with Gasteiger partial charge in [-0.3, -0.25) is 0 Å². The van der Waals surface area contributed by atoms with Crippen molar-refractivity contribution >= 4 is 82.5 Å². The van der Waals surface area contributed by atoms with Crippen molar-refractivity contribution in [1.29, 1.82) is 0 Å². The van der Waals surface area contributed by atoms with E-state index in [1.165, 1.54) is 21.5 Å². The number of benzene rings is 10. The molecule has 12 rings (SSSR count). The van der Waals surface area contributed by atoms with Crippen LogP contribution in [0.1, 0.15) is 0 Å². The first-order valence-corrected chi connectivity index (χ1v) is 20.1. The molecule has 2 aromatic heterocycles. The van der Waals surface area contributed by atoms with Crippen LogP contribution in [0.4, 0.5) is 17.1 Å². The number of nitrogens with zero attached hydrogens (tertiary/aromatic N) is 1. The van der Waals surface area contributed by atoms with E-state index in [1.54, 1.807) is 0 Å². The predicted molar refractivity (Wildman–Crippen MR) is 247 cm³/mol. The van der Waals surface area contributed by atoms with Crippen molar-refractivity contribution in [2.45, 2.75) is 0 Å². The van der Waals surface area contributed by atoms with Crippen LogP contribution in [0, 0.1) is 0 Å². The average Bonchev–Trinajstić information content (AvgIpc) is 3.88. The summed E-state index contributed by atoms with van der Waals surface area (Å²) >= 11 is 0. The molecule has 0 aliphatic carbocycles. The van der Waals surface area contributed by atoms with Gasteiger partial charge in [0.1, 0.15) is 22.3 Å². The van der Waals surface area contributed by atoms with Crippen LogP contribution >= 0.6 is 0 Å². The maximum atomic E-state index is 7.00. The summed E-state index contributed by atoms with van der Waals surface area (Å²) in [5.74, 6) is 0. The van der Waals surface area contributed by atoms with Crippen molar-refractivity contribution in [3.05, 3.63) is 212 Å². The Bertz CT molecular complexity index is 3550. The van der Waals surface area contributed by atoms with Gasteiger partial charge in [0, 0.05) is 33.1 Å². The quantitative estimate of drug-likeness (QED) is 0.158. The second-order valence-electron chi connectivity index (χ2n) is 15.3. The van der Waals surface area contributed by atoms with Crippen molar-refractivity contribution in [3.63, 3.8) is 0 Å². The minimum absolute atomic E-state index is 0.849. The normalized spacial score (nSPS) is 11.7. The minimum Gasteiger partial charge on any atom is -0.456 e. The Hall–Kier alpha value is -7.88. The van der Waals surface area contributed by atoms with E-state index in [1.807, 2.05) is 6.07 Å². The van der Waals surface area contributed by atoms with Crippen molar-refractivity contribution in [2.75, 3.05) is 4.90 Å². The first kappa shape index (κ1) is 33.3. The first-order chi connectivity index (χ1) is 29.2. The molecule has 0 aliphatic rings. The van der Waals surface area contributed by atoms with Gasteiger partial charge >= 0.3 is 0 Å². The molecule has 0 radical (unpaired) electrons. The highest BCUT2D eigenvalue weighted by molar-refractivity contribution is 6.18. The van der Waals surface area contributed by atoms with Gasteiger partial charge in [-0.05, 0) is 116 Å². The maximum Gasteiger partial charge on any atom is 0.145 e. The molecule has 3 heteroatoms. The van der Waals surface area contributed by atoms with Crippen LogP contribution in [-0.2, 0) is 0 Å². The van der Waals surface area contributed by atoms with E-state index >= 15 is 0 Å². The smallest absolute Gasteiger partial charge is 0.145 e. The molecule has 0 amide bonds. The molecule has 0 atom stereocenters. The Morgan fingerprint density at radius 1 is 0.305 bits per heavy atom. The maximum absolute atomic E-state index is 7.00. The summed E-state index contributed by atoms with van der Waals surface area (Å²) in [4.78, 5) is 2.39. The number of anilines is 3. The lowest BCUT2D eigenvalue weighted by Crippen LogP contribution is -2.10. The van der Waals surface area contributed by atoms with Gasteiger partial charge in [-0.15, -0.1) is 0 Å². The average molecular weight is 754 g/mol. The van der Waals surface area contributed by atoms with E-state index in [2.05, 4.69) is 211 Å². The zero-order valence-electron chi connectivity index (χ0n) is 32.0. The van der Waals surface area contributed by atoms with Crippen molar-refractivity contribution < 1.29 is 8.83 Å². The molecular formula is C56H35NO2. The second-order valence-corrected chi connectivity index (χ2v) is 15.3. The van der Waals surface area contributed by atoms with Crippen molar-refractivity contribution in [1.82, 2.24) is 0 Å². The van der Waals surface area contributed by atoms with Crippen molar-refractivity contribution in [2.24, 2.45) is 0 Å². The number of fused-ring (bicyclic) bond motifs is 9. The monoisotopic (exact) mass is 753 g/mol. The van der Waals surface area contributed by atoms with E-state index in [-0.39, 0.29) is 0 Å². The third-order valence-electron chi connectivity index (χ3n) is 11.8. The third-order valence-corrected chi connectivity index (χ3v) is 11.8. The molecule has 59 heavy (non-hydrogen) atoms. The lowest BCUT2D eigenvalue weighted by atomic mass is 9.98. The summed E-state index contributed by atoms with van der Waals surface area (Å²) in [6, 6.07) is 75.6. The van der Waals surface area contributed by atoms with Crippen LogP contribution in [0.3, 0.4) is 0 Å². The molecule has 0 aliphatic heterocycles. The van der Waals surface area contributed by atoms with Gasteiger partial charge in [0.25, 0.3) is 0 Å². The van der Waals surface area contributed by atoms with Gasteiger partial charge < -0.3 is 13.7 Å². The van der Waals surface area contributed by atoms with Crippen LogP contribution in [0.15, 0.2) is 221 Å². The summed E-state index contributed by atoms with van der Waals surface area (Å²) in [5.41, 5.74) is 13.3.